The summed E-state index contributed by atoms with van der Waals surface area (Å²) in [5, 5.41) is 9.25. The van der Waals surface area contributed by atoms with Crippen LogP contribution < -0.4 is 4.74 Å². The minimum absolute atomic E-state index is 0.291. The molecule has 0 aliphatic carbocycles. The first kappa shape index (κ1) is 14.0. The molecule has 18 heavy (non-hydrogen) atoms. The lowest BCUT2D eigenvalue weighted by Crippen LogP contribution is -2.37. The minimum atomic E-state index is -1.08. The summed E-state index contributed by atoms with van der Waals surface area (Å²) >= 11 is 0. The van der Waals surface area contributed by atoms with Crippen molar-refractivity contribution in [1.29, 1.82) is 0 Å². The van der Waals surface area contributed by atoms with Gasteiger partial charge in [0.1, 0.15) is 0 Å². The summed E-state index contributed by atoms with van der Waals surface area (Å²) in [6.07, 6.45) is 1.41. The summed E-state index contributed by atoms with van der Waals surface area (Å²) in [5.74, 6) is -0.978. The monoisotopic (exact) mass is 252 g/mol. The van der Waals surface area contributed by atoms with Crippen LogP contribution in [-0.2, 0) is 9.59 Å². The van der Waals surface area contributed by atoms with Crippen molar-refractivity contribution in [1.82, 2.24) is 9.88 Å². The number of hydrogen-bond donors (Lipinski definition) is 1. The lowest BCUT2D eigenvalue weighted by molar-refractivity contribution is -0.149. The molecule has 98 valence electrons. The van der Waals surface area contributed by atoms with Crippen LogP contribution in [0, 0.1) is 0 Å². The molecule has 6 nitrogen and oxygen atoms in total. The number of carbonyl (C=O) groups is 2. The Hall–Kier alpha value is -2.11. The summed E-state index contributed by atoms with van der Waals surface area (Å²) in [4.78, 5) is 28.0. The Labute approximate surface area is 105 Å². The van der Waals surface area contributed by atoms with E-state index in [1.807, 2.05) is 0 Å². The molecule has 0 spiro atoms. The average Bonchev–Trinajstić information content (AvgIpc) is 2.35. The van der Waals surface area contributed by atoms with Gasteiger partial charge in [-0.1, -0.05) is 0 Å². The first-order valence-corrected chi connectivity index (χ1v) is 5.51. The van der Waals surface area contributed by atoms with Crippen molar-refractivity contribution in [2.45, 2.75) is 19.9 Å². The molecule has 1 heterocycles. The second-order valence-electron chi connectivity index (χ2n) is 3.68. The number of aliphatic carboxylic acids is 1. The smallest absolute Gasteiger partial charge is 0.331 e. The van der Waals surface area contributed by atoms with E-state index in [0.29, 0.717) is 18.0 Å². The van der Waals surface area contributed by atoms with Gasteiger partial charge in [0.2, 0.25) is 11.8 Å². The zero-order valence-corrected chi connectivity index (χ0v) is 10.6. The number of hydrogen-bond acceptors (Lipinski definition) is 4. The molecule has 1 unspecified atom stereocenters. The minimum Gasteiger partial charge on any atom is -0.481 e. The Morgan fingerprint density at radius 2 is 2.17 bits per heavy atom. The number of nitrogens with zero attached hydrogens (tertiary/aromatic N) is 2. The Kier molecular flexibility index (Phi) is 4.65. The number of carboxylic acids is 1. The van der Waals surface area contributed by atoms with Gasteiger partial charge < -0.3 is 14.7 Å². The summed E-state index contributed by atoms with van der Waals surface area (Å²) in [6.45, 7) is 3.39. The number of aromatic nitrogens is 1. The van der Waals surface area contributed by atoms with Gasteiger partial charge in [-0.05, 0) is 13.0 Å². The molecule has 6 heteroatoms. The summed E-state index contributed by atoms with van der Waals surface area (Å²) in [7, 11) is 1.48. The SMILES string of the molecule is CCN(C(C)=O)C(C(=O)O)c1ccc(OC)nc1. The topological polar surface area (TPSA) is 79.7 Å². The first-order valence-electron chi connectivity index (χ1n) is 5.51. The maximum Gasteiger partial charge on any atom is 0.331 e. The Balaban J connectivity index is 3.10. The van der Waals surface area contributed by atoms with E-state index in [0.717, 1.165) is 0 Å². The van der Waals surface area contributed by atoms with E-state index in [2.05, 4.69) is 4.98 Å². The molecule has 0 aliphatic rings. The molecule has 0 aliphatic heterocycles. The van der Waals surface area contributed by atoms with Crippen LogP contribution in [0.4, 0.5) is 0 Å². The number of carbonyl (C=O) groups excluding carboxylic acids is 1. The number of pyridine rings is 1. The molecule has 0 radical (unpaired) electrons. The normalized spacial score (nSPS) is 11.7. The van der Waals surface area contributed by atoms with E-state index in [-0.39, 0.29) is 5.91 Å². The van der Waals surface area contributed by atoms with Crippen LogP contribution in [-0.4, -0.2) is 40.5 Å². The molecule has 1 aromatic rings. The van der Waals surface area contributed by atoms with Crippen molar-refractivity contribution in [2.24, 2.45) is 0 Å². The second-order valence-corrected chi connectivity index (χ2v) is 3.68. The molecule has 1 aromatic heterocycles. The van der Waals surface area contributed by atoms with Gasteiger partial charge in [-0.15, -0.1) is 0 Å². The highest BCUT2D eigenvalue weighted by molar-refractivity contribution is 5.83. The average molecular weight is 252 g/mol. The van der Waals surface area contributed by atoms with Gasteiger partial charge in [0, 0.05) is 31.3 Å². The zero-order valence-electron chi connectivity index (χ0n) is 10.6. The van der Waals surface area contributed by atoms with Crippen molar-refractivity contribution in [3.05, 3.63) is 23.9 Å². The molecule has 0 bridgehead atoms. The molecule has 1 N–H and O–H groups in total. The van der Waals surface area contributed by atoms with E-state index in [9.17, 15) is 14.7 Å². The van der Waals surface area contributed by atoms with Crippen LogP contribution in [0.1, 0.15) is 25.5 Å². The van der Waals surface area contributed by atoms with E-state index >= 15 is 0 Å². The number of ether oxygens (including phenoxy) is 1. The van der Waals surface area contributed by atoms with Crippen LogP contribution >= 0.6 is 0 Å². The maximum atomic E-state index is 11.4. The number of carboxylic acid groups (broad SMARTS) is 1. The lowest BCUT2D eigenvalue weighted by Gasteiger charge is -2.26. The number of likely N-dealkylation sites (N-methyl/N-ethyl adjacent to an activating group) is 1. The summed E-state index contributed by atoms with van der Waals surface area (Å²) in [6, 6.07) is 2.14. The number of methoxy groups -OCH3 is 1. The van der Waals surface area contributed by atoms with Crippen molar-refractivity contribution < 1.29 is 19.4 Å². The zero-order chi connectivity index (χ0) is 13.7. The molecule has 0 saturated heterocycles. The van der Waals surface area contributed by atoms with Gasteiger partial charge in [-0.3, -0.25) is 4.79 Å². The van der Waals surface area contributed by atoms with E-state index in [4.69, 9.17) is 4.74 Å². The van der Waals surface area contributed by atoms with Gasteiger partial charge >= 0.3 is 5.97 Å². The first-order chi connectivity index (χ1) is 8.51. The molecular formula is C12H16N2O4. The highest BCUT2D eigenvalue weighted by Crippen LogP contribution is 2.22. The van der Waals surface area contributed by atoms with E-state index < -0.39 is 12.0 Å². The van der Waals surface area contributed by atoms with Crippen molar-refractivity contribution in [3.8, 4) is 5.88 Å². The Morgan fingerprint density at radius 3 is 2.50 bits per heavy atom. The molecule has 0 aromatic carbocycles. The van der Waals surface area contributed by atoms with Gasteiger partial charge in [-0.25, -0.2) is 9.78 Å². The van der Waals surface area contributed by atoms with Crippen LogP contribution in [0.25, 0.3) is 0 Å². The molecule has 0 saturated carbocycles. The van der Waals surface area contributed by atoms with Crippen LogP contribution in [0.3, 0.4) is 0 Å². The molecule has 0 fully saturated rings. The second kappa shape index (κ2) is 6.00. The molecule has 1 amide bonds. The quantitative estimate of drug-likeness (QED) is 0.848. The molecule has 1 atom stereocenters. The van der Waals surface area contributed by atoms with Crippen molar-refractivity contribution in [3.63, 3.8) is 0 Å². The highest BCUT2D eigenvalue weighted by atomic mass is 16.5. The molecular weight excluding hydrogens is 236 g/mol. The fraction of sp³-hybridized carbons (Fsp3) is 0.417. The molecule has 1 rings (SSSR count). The number of amides is 1. The van der Waals surface area contributed by atoms with Crippen LogP contribution in [0.15, 0.2) is 18.3 Å². The predicted octanol–water partition coefficient (Wildman–Crippen LogP) is 1.08. The van der Waals surface area contributed by atoms with Crippen LogP contribution in [0.5, 0.6) is 5.88 Å². The van der Waals surface area contributed by atoms with Gasteiger partial charge in [0.05, 0.1) is 7.11 Å². The van der Waals surface area contributed by atoms with Gasteiger partial charge in [0.25, 0.3) is 0 Å². The lowest BCUT2D eigenvalue weighted by atomic mass is 10.1. The van der Waals surface area contributed by atoms with Crippen molar-refractivity contribution in [2.75, 3.05) is 13.7 Å². The largest absolute Gasteiger partial charge is 0.481 e. The third-order valence-electron chi connectivity index (χ3n) is 2.57. The van der Waals surface area contributed by atoms with Crippen LogP contribution in [0.2, 0.25) is 0 Å². The summed E-state index contributed by atoms with van der Waals surface area (Å²) < 4.78 is 4.90. The fourth-order valence-corrected chi connectivity index (χ4v) is 1.72. The predicted molar refractivity (Wildman–Crippen MR) is 64.2 cm³/mol. The van der Waals surface area contributed by atoms with E-state index in [1.54, 1.807) is 19.1 Å². The maximum absolute atomic E-state index is 11.4. The van der Waals surface area contributed by atoms with Gasteiger partial charge in [0.15, 0.2) is 6.04 Å². The van der Waals surface area contributed by atoms with E-state index in [1.165, 1.54) is 25.1 Å². The fourth-order valence-electron chi connectivity index (χ4n) is 1.72. The van der Waals surface area contributed by atoms with Gasteiger partial charge in [-0.2, -0.15) is 0 Å². The summed E-state index contributed by atoms with van der Waals surface area (Å²) in [5.41, 5.74) is 0.445. The van der Waals surface area contributed by atoms with Crippen molar-refractivity contribution >= 4 is 11.9 Å². The Morgan fingerprint density at radius 1 is 1.50 bits per heavy atom. The Bertz CT molecular complexity index is 430. The highest BCUT2D eigenvalue weighted by Gasteiger charge is 2.28. The number of rotatable bonds is 5. The third-order valence-corrected chi connectivity index (χ3v) is 2.57. The standard InChI is InChI=1S/C12H16N2O4/c1-4-14(8(2)15)11(12(16)17)9-5-6-10(18-3)13-7-9/h5-7,11H,4H2,1-3H3,(H,16,17). The third kappa shape index (κ3) is 2.97.